The molecule has 2 aromatic rings. The van der Waals surface area contributed by atoms with E-state index in [1.54, 1.807) is 34.6 Å². The van der Waals surface area contributed by atoms with E-state index in [2.05, 4.69) is 22.8 Å². The summed E-state index contributed by atoms with van der Waals surface area (Å²) in [5, 5.41) is 5.49. The molecule has 0 unspecified atom stereocenters. The molecular weight excluding hydrogens is 596 g/mol. The first-order valence-corrected chi connectivity index (χ1v) is 15.8. The number of fused-ring (bicyclic) bond motifs is 6. The third-order valence-corrected chi connectivity index (χ3v) is 8.68. The fourth-order valence-electron chi connectivity index (χ4n) is 6.81. The van der Waals surface area contributed by atoms with Gasteiger partial charge >= 0.3 is 12.1 Å². The third-order valence-electron chi connectivity index (χ3n) is 8.68. The predicted molar refractivity (Wildman–Crippen MR) is 163 cm³/mol. The van der Waals surface area contributed by atoms with Gasteiger partial charge in [0, 0.05) is 5.92 Å². The highest BCUT2D eigenvalue weighted by atomic mass is 16.9. The predicted octanol–water partition coefficient (Wildman–Crippen LogP) is 3.75. The van der Waals surface area contributed by atoms with Gasteiger partial charge in [0.1, 0.15) is 37.1 Å². The molecule has 0 radical (unpaired) electrons. The van der Waals surface area contributed by atoms with E-state index in [0.29, 0.717) is 0 Å². The molecule has 0 bridgehead atoms. The molecule has 3 saturated heterocycles. The summed E-state index contributed by atoms with van der Waals surface area (Å²) in [4.78, 5) is 39.1. The molecule has 3 fully saturated rings. The molecule has 0 saturated carbocycles. The number of ether oxygens (including phenoxy) is 7. The van der Waals surface area contributed by atoms with Crippen LogP contribution in [0, 0.1) is 0 Å². The molecule has 3 aliphatic heterocycles. The molecule has 12 nitrogen and oxygen atoms in total. The lowest BCUT2D eigenvalue weighted by Crippen LogP contribution is -2.63. The van der Waals surface area contributed by atoms with Gasteiger partial charge in [-0.2, -0.15) is 0 Å². The average molecular weight is 639 g/mol. The number of benzene rings is 2. The summed E-state index contributed by atoms with van der Waals surface area (Å²) in [5.74, 6) is -3.12. The number of hydrogen-bond donors (Lipinski definition) is 2. The molecule has 3 heterocycles. The first-order chi connectivity index (χ1) is 21.9. The minimum Gasteiger partial charge on any atom is -0.466 e. The third kappa shape index (κ3) is 6.50. The van der Waals surface area contributed by atoms with E-state index in [9.17, 15) is 14.4 Å². The van der Waals surface area contributed by atoms with Crippen molar-refractivity contribution in [2.75, 3.05) is 13.2 Å². The largest absolute Gasteiger partial charge is 0.466 e. The Morgan fingerprint density at radius 3 is 2.04 bits per heavy atom. The zero-order valence-electron chi connectivity index (χ0n) is 26.9. The Balaban J connectivity index is 1.13. The molecule has 4 aliphatic rings. The maximum atomic E-state index is 13.5. The summed E-state index contributed by atoms with van der Waals surface area (Å²) in [6.07, 6.45) is -4.49. The van der Waals surface area contributed by atoms with Gasteiger partial charge in [-0.05, 0) is 63.8 Å². The monoisotopic (exact) mass is 638 g/mol. The van der Waals surface area contributed by atoms with E-state index in [4.69, 9.17) is 33.2 Å². The van der Waals surface area contributed by atoms with Crippen molar-refractivity contribution in [2.45, 2.75) is 108 Å². The van der Waals surface area contributed by atoms with E-state index >= 15 is 0 Å². The van der Waals surface area contributed by atoms with Crippen LogP contribution in [0.25, 0.3) is 11.1 Å². The highest BCUT2D eigenvalue weighted by molar-refractivity contribution is 5.86. The van der Waals surface area contributed by atoms with Crippen LogP contribution in [-0.2, 0) is 42.7 Å². The number of hydrogen-bond acceptors (Lipinski definition) is 10. The second-order valence-electron chi connectivity index (χ2n) is 12.9. The normalized spacial score (nSPS) is 28.2. The lowest BCUT2D eigenvalue weighted by molar-refractivity contribution is -0.240. The Morgan fingerprint density at radius 1 is 0.804 bits per heavy atom. The SMILES string of the molecule is CCOC(=O)C[C@@H](NC(=O)[C@H](C)NC(=O)OCC1c2ccccc2-c2ccccc21)[C@H]1O[C@@H]2OC(C)(C)O[C@@H]2[C@H]2OC(C)(C)O[C@H]21. The van der Waals surface area contributed by atoms with Gasteiger partial charge in [0.15, 0.2) is 17.9 Å². The fourth-order valence-corrected chi connectivity index (χ4v) is 6.81. The average Bonchev–Trinajstić information content (AvgIpc) is 3.62. The topological polar surface area (TPSA) is 140 Å². The molecule has 1 aliphatic carbocycles. The fraction of sp³-hybridized carbons (Fsp3) is 0.559. The van der Waals surface area contributed by atoms with Gasteiger partial charge in [-0.15, -0.1) is 0 Å². The molecule has 12 heteroatoms. The molecule has 2 N–H and O–H groups in total. The Hall–Kier alpha value is -3.55. The first-order valence-electron chi connectivity index (χ1n) is 15.8. The molecular formula is C34H42N2O10. The smallest absolute Gasteiger partial charge is 0.407 e. The summed E-state index contributed by atoms with van der Waals surface area (Å²) in [6, 6.07) is 14.2. The molecule has 0 aromatic heterocycles. The number of carbonyl (C=O) groups excluding carboxylic acids is 3. The Morgan fingerprint density at radius 2 is 1.39 bits per heavy atom. The van der Waals surface area contributed by atoms with Gasteiger partial charge in [0.25, 0.3) is 0 Å². The summed E-state index contributed by atoms with van der Waals surface area (Å²) in [7, 11) is 0. The van der Waals surface area contributed by atoms with Gasteiger partial charge in [-0.25, -0.2) is 4.79 Å². The van der Waals surface area contributed by atoms with Crippen molar-refractivity contribution in [1.29, 1.82) is 0 Å². The van der Waals surface area contributed by atoms with Gasteiger partial charge in [-0.3, -0.25) is 9.59 Å². The van der Waals surface area contributed by atoms with E-state index in [-0.39, 0.29) is 25.6 Å². The molecule has 46 heavy (non-hydrogen) atoms. The van der Waals surface area contributed by atoms with Gasteiger partial charge < -0.3 is 43.8 Å². The van der Waals surface area contributed by atoms with Crippen molar-refractivity contribution >= 4 is 18.0 Å². The zero-order valence-corrected chi connectivity index (χ0v) is 26.9. The van der Waals surface area contributed by atoms with Crippen LogP contribution in [0.2, 0.25) is 0 Å². The zero-order chi connectivity index (χ0) is 32.8. The second-order valence-corrected chi connectivity index (χ2v) is 12.9. The number of esters is 1. The molecule has 2 amide bonds. The van der Waals surface area contributed by atoms with E-state index in [0.717, 1.165) is 22.3 Å². The number of rotatable bonds is 9. The molecule has 248 valence electrons. The number of alkyl carbamates (subject to hydrolysis) is 1. The molecule has 7 atom stereocenters. The van der Waals surface area contributed by atoms with Crippen LogP contribution in [-0.4, -0.2) is 85.5 Å². The van der Waals surface area contributed by atoms with E-state index < -0.39 is 72.3 Å². The van der Waals surface area contributed by atoms with Crippen molar-refractivity contribution in [2.24, 2.45) is 0 Å². The second kappa shape index (κ2) is 12.6. The summed E-state index contributed by atoms with van der Waals surface area (Å²) in [5.41, 5.74) is 4.39. The van der Waals surface area contributed by atoms with Crippen molar-refractivity contribution < 1.29 is 47.5 Å². The number of amides is 2. The van der Waals surface area contributed by atoms with E-state index in [1.807, 2.05) is 36.4 Å². The van der Waals surface area contributed by atoms with Crippen molar-refractivity contribution in [1.82, 2.24) is 10.6 Å². The van der Waals surface area contributed by atoms with Crippen LogP contribution >= 0.6 is 0 Å². The Labute approximate surface area is 268 Å². The van der Waals surface area contributed by atoms with E-state index in [1.165, 1.54) is 6.92 Å². The number of nitrogens with one attached hydrogen (secondary N) is 2. The van der Waals surface area contributed by atoms with Crippen LogP contribution in [0.3, 0.4) is 0 Å². The van der Waals surface area contributed by atoms with Crippen LogP contribution in [0.1, 0.15) is 65.0 Å². The maximum absolute atomic E-state index is 13.5. The van der Waals surface area contributed by atoms with Crippen LogP contribution in [0.5, 0.6) is 0 Å². The van der Waals surface area contributed by atoms with Crippen LogP contribution in [0.4, 0.5) is 4.79 Å². The standard InChI is InChI=1S/C34H42N2O10/c1-7-40-25(37)16-24(26-27-28(44-33(3,4)43-27)29-31(42-26)46-34(5,6)45-29)36-30(38)18(2)35-32(39)41-17-23-21-14-10-8-12-19(21)20-13-9-11-15-22(20)23/h8-15,18,23-24,26-29,31H,7,16-17H2,1-6H3,(H,35,39)(H,36,38)/t18-,24+,26+,27-,28-,29+,31+/m0/s1. The van der Waals surface area contributed by atoms with Crippen molar-refractivity contribution in [3.8, 4) is 11.1 Å². The number of carbonyl (C=O) groups is 3. The lowest BCUT2D eigenvalue weighted by atomic mass is 9.92. The van der Waals surface area contributed by atoms with Crippen LogP contribution < -0.4 is 10.6 Å². The van der Waals surface area contributed by atoms with Crippen molar-refractivity contribution in [3.05, 3.63) is 59.7 Å². The minimum absolute atomic E-state index is 0.104. The quantitative estimate of drug-likeness (QED) is 0.391. The minimum atomic E-state index is -1.00. The lowest BCUT2D eigenvalue weighted by Gasteiger charge is -2.41. The Kier molecular flexibility index (Phi) is 8.85. The Bertz CT molecular complexity index is 1430. The van der Waals surface area contributed by atoms with Crippen LogP contribution in [0.15, 0.2) is 48.5 Å². The maximum Gasteiger partial charge on any atom is 0.407 e. The molecule has 2 aromatic carbocycles. The summed E-state index contributed by atoms with van der Waals surface area (Å²) < 4.78 is 41.7. The first kappa shape index (κ1) is 32.4. The molecule has 6 rings (SSSR count). The van der Waals surface area contributed by atoms with Gasteiger partial charge in [-0.1, -0.05) is 48.5 Å². The summed E-state index contributed by atoms with van der Waals surface area (Å²) in [6.45, 7) is 10.6. The molecule has 0 spiro atoms. The highest BCUT2D eigenvalue weighted by Gasteiger charge is 2.62. The summed E-state index contributed by atoms with van der Waals surface area (Å²) >= 11 is 0. The van der Waals surface area contributed by atoms with Crippen molar-refractivity contribution in [3.63, 3.8) is 0 Å². The van der Waals surface area contributed by atoms with Gasteiger partial charge in [0.05, 0.1) is 19.1 Å². The highest BCUT2D eigenvalue weighted by Crippen LogP contribution is 2.46. The van der Waals surface area contributed by atoms with Gasteiger partial charge in [0.2, 0.25) is 5.91 Å².